The van der Waals surface area contributed by atoms with Crippen LogP contribution in [0.1, 0.15) is 48.2 Å². The summed E-state index contributed by atoms with van der Waals surface area (Å²) < 4.78 is 0. The lowest BCUT2D eigenvalue weighted by Gasteiger charge is -2.22. The van der Waals surface area contributed by atoms with E-state index >= 15 is 0 Å². The van der Waals surface area contributed by atoms with Crippen LogP contribution in [0.25, 0.3) is 11.2 Å². The summed E-state index contributed by atoms with van der Waals surface area (Å²) in [5.41, 5.74) is 11.4. The quantitative estimate of drug-likeness (QED) is 0.0340. The predicted octanol–water partition coefficient (Wildman–Crippen LogP) is -2.68. The molecular weight excluding hydrogens is 686 g/mol. The van der Waals surface area contributed by atoms with Crippen LogP contribution in [-0.4, -0.2) is 103 Å². The van der Waals surface area contributed by atoms with Gasteiger partial charge in [-0.1, -0.05) is 0 Å². The van der Waals surface area contributed by atoms with Crippen molar-refractivity contribution in [2.75, 3.05) is 24.6 Å². The van der Waals surface area contributed by atoms with E-state index in [0.717, 1.165) is 0 Å². The van der Waals surface area contributed by atoms with Crippen LogP contribution in [0.3, 0.4) is 0 Å². The molecule has 14 N–H and O–H groups in total. The van der Waals surface area contributed by atoms with Gasteiger partial charge in [0.2, 0.25) is 23.7 Å². The second-order valence-electron chi connectivity index (χ2n) is 11.2. The van der Waals surface area contributed by atoms with Crippen molar-refractivity contribution in [1.82, 2.24) is 46.5 Å². The Morgan fingerprint density at radius 1 is 0.942 bits per heavy atom. The number of nitrogens with one attached hydrogen (secondary N) is 8. The molecule has 1 aromatic carbocycles. The molecule has 22 nitrogen and oxygen atoms in total. The lowest BCUT2D eigenvalue weighted by molar-refractivity contribution is -0.141. The fraction of sp³-hybridized carbons (Fsp3) is 0.367. The van der Waals surface area contributed by atoms with Gasteiger partial charge in [-0.2, -0.15) is 4.98 Å². The summed E-state index contributed by atoms with van der Waals surface area (Å²) in [6.07, 6.45) is 0.0622. The number of fused-ring (bicyclic) bond motifs is 1. The Morgan fingerprint density at radius 3 is 2.29 bits per heavy atom. The number of nitrogen functional groups attached to an aromatic ring is 1. The second kappa shape index (κ2) is 18.8. The highest BCUT2D eigenvalue weighted by Crippen LogP contribution is 2.13. The van der Waals surface area contributed by atoms with Crippen LogP contribution in [0.4, 0.5) is 11.6 Å². The average molecular weight is 726 g/mol. The molecule has 3 atom stereocenters. The van der Waals surface area contributed by atoms with Gasteiger partial charge in [-0.25, -0.2) is 14.8 Å². The van der Waals surface area contributed by atoms with Gasteiger partial charge in [0, 0.05) is 31.3 Å². The van der Waals surface area contributed by atoms with Gasteiger partial charge in [0.25, 0.3) is 11.5 Å². The number of carbonyl (C=O) groups excluding carboxylic acids is 4. The van der Waals surface area contributed by atoms with Crippen molar-refractivity contribution < 1.29 is 39.0 Å². The lowest BCUT2D eigenvalue weighted by atomic mass is 10.1. The normalized spacial score (nSPS) is 12.4. The minimum atomic E-state index is -1.61. The third-order valence-electron chi connectivity index (χ3n) is 7.27. The summed E-state index contributed by atoms with van der Waals surface area (Å²) >= 11 is 0. The topological polar surface area (TPSA) is 362 Å². The number of guanidine groups is 1. The highest BCUT2D eigenvalue weighted by Gasteiger charge is 2.29. The number of anilines is 2. The average Bonchev–Trinajstić information content (AvgIpc) is 3.09. The summed E-state index contributed by atoms with van der Waals surface area (Å²) in [5, 5.41) is 41.1. The smallest absolute Gasteiger partial charge is 0.326 e. The number of aliphatic carboxylic acids is 2. The van der Waals surface area contributed by atoms with E-state index in [9.17, 15) is 43.8 Å². The minimum Gasteiger partial charge on any atom is -0.481 e. The number of aromatic nitrogens is 4. The van der Waals surface area contributed by atoms with Crippen LogP contribution < -0.4 is 48.9 Å². The molecule has 3 rings (SSSR count). The van der Waals surface area contributed by atoms with E-state index in [1.54, 1.807) is 12.1 Å². The summed E-state index contributed by atoms with van der Waals surface area (Å²) in [7, 11) is 1.34. The van der Waals surface area contributed by atoms with E-state index in [2.05, 4.69) is 51.8 Å². The van der Waals surface area contributed by atoms with Crippen LogP contribution in [0.15, 0.2) is 35.3 Å². The molecule has 0 spiro atoms. The minimum absolute atomic E-state index is 0.00961. The Balaban J connectivity index is 1.55. The number of H-pyrrole nitrogens is 1. The Morgan fingerprint density at radius 2 is 1.65 bits per heavy atom. The Labute approximate surface area is 294 Å². The number of carboxylic acid groups (broad SMARTS) is 2. The molecule has 0 fully saturated rings. The molecule has 0 bridgehead atoms. The first-order valence-corrected chi connectivity index (χ1v) is 15.7. The Bertz CT molecular complexity index is 1870. The maximum absolute atomic E-state index is 12.9. The van der Waals surface area contributed by atoms with Gasteiger partial charge in [-0.05, 0) is 43.5 Å². The first-order valence-electron chi connectivity index (χ1n) is 15.7. The molecule has 0 unspecified atom stereocenters. The van der Waals surface area contributed by atoms with E-state index in [-0.39, 0.29) is 48.1 Å². The highest BCUT2D eigenvalue weighted by molar-refractivity contribution is 5.97. The van der Waals surface area contributed by atoms with Crippen LogP contribution in [0.5, 0.6) is 0 Å². The predicted molar refractivity (Wildman–Crippen MR) is 184 cm³/mol. The van der Waals surface area contributed by atoms with Crippen molar-refractivity contribution >= 4 is 64.3 Å². The largest absolute Gasteiger partial charge is 0.481 e. The van der Waals surface area contributed by atoms with E-state index in [0.29, 0.717) is 17.8 Å². The lowest BCUT2D eigenvalue weighted by Crippen LogP contribution is -2.54. The number of hydrogen-bond acceptors (Lipinski definition) is 13. The zero-order valence-corrected chi connectivity index (χ0v) is 27.8. The monoisotopic (exact) mass is 725 g/mol. The molecule has 52 heavy (non-hydrogen) atoms. The van der Waals surface area contributed by atoms with Gasteiger partial charge in [0.1, 0.15) is 18.1 Å². The Hall–Kier alpha value is -6.87. The van der Waals surface area contributed by atoms with Gasteiger partial charge in [-0.3, -0.25) is 39.2 Å². The molecule has 278 valence electrons. The Kier molecular flexibility index (Phi) is 14.3. The van der Waals surface area contributed by atoms with Crippen molar-refractivity contribution in [2.24, 2.45) is 5.73 Å². The zero-order chi connectivity index (χ0) is 38.4. The number of likely N-dealkylation sites (N-methyl/N-ethyl adjacent to an activating group) is 1. The van der Waals surface area contributed by atoms with Crippen LogP contribution in [0.2, 0.25) is 0 Å². The molecule has 2 heterocycles. The molecule has 0 aliphatic rings. The molecule has 2 aromatic heterocycles. The SMILES string of the molecule is CNC(=O)[C@H](CCCNC(=N)N)NC(=O)[C@H](CC(=O)O)NC(=O)CC[C@H](NC(=O)c1ccc(NCc2cnc3nc(N)[nH]c(=O)c3n2)cc1)C(=O)O. The number of carboxylic acids is 2. The van der Waals surface area contributed by atoms with Crippen molar-refractivity contribution in [3.63, 3.8) is 0 Å². The molecular formula is C30H39N13O9. The number of amides is 4. The maximum Gasteiger partial charge on any atom is 0.326 e. The maximum atomic E-state index is 12.9. The first-order chi connectivity index (χ1) is 24.7. The summed E-state index contributed by atoms with van der Waals surface area (Å²) in [6.45, 7) is 0.381. The van der Waals surface area contributed by atoms with E-state index < -0.39 is 78.5 Å². The number of carbonyl (C=O) groups is 6. The summed E-state index contributed by atoms with van der Waals surface area (Å²) in [4.78, 5) is 101. The van der Waals surface area contributed by atoms with Crippen LogP contribution in [0, 0.1) is 5.41 Å². The van der Waals surface area contributed by atoms with Crippen molar-refractivity contribution in [2.45, 2.75) is 56.8 Å². The van der Waals surface area contributed by atoms with Gasteiger partial charge in [-0.15, -0.1) is 0 Å². The number of nitrogens with zero attached hydrogens (tertiary/aromatic N) is 3. The van der Waals surface area contributed by atoms with E-state index in [1.807, 2.05) is 0 Å². The standard InChI is InChI=1S/C30H39N13O9/c1-34-25(48)17(3-2-10-35-29(31)32)40-26(49)19(11-21(45)46)39-20(44)9-8-18(28(51)52)41-24(47)14-4-6-15(7-5-14)36-12-16-13-37-23-22(38-16)27(50)43-30(33)42-23/h4-7,13,17-19,36H,2-3,8-12H2,1H3,(H,34,48)(H,39,44)(H,40,49)(H,41,47)(H,45,46)(H,51,52)(H4,31,32,35)(H3,33,37,42,43,50)/t17-,18-,19-/m0/s1. The molecule has 0 aliphatic carbocycles. The molecule has 3 aromatic rings. The van der Waals surface area contributed by atoms with Gasteiger partial charge in [0.15, 0.2) is 17.1 Å². The van der Waals surface area contributed by atoms with Gasteiger partial charge in [0.05, 0.1) is 24.9 Å². The molecule has 0 saturated carbocycles. The highest BCUT2D eigenvalue weighted by atomic mass is 16.4. The fourth-order valence-electron chi connectivity index (χ4n) is 4.66. The summed E-state index contributed by atoms with van der Waals surface area (Å²) in [6, 6.07) is 1.72. The molecule has 0 radical (unpaired) electrons. The molecule has 22 heteroatoms. The van der Waals surface area contributed by atoms with Gasteiger partial charge >= 0.3 is 11.9 Å². The fourth-order valence-corrected chi connectivity index (χ4v) is 4.66. The van der Waals surface area contributed by atoms with Crippen molar-refractivity contribution in [3.05, 3.63) is 52.1 Å². The number of hydrogen-bond donors (Lipinski definition) is 12. The van der Waals surface area contributed by atoms with Crippen molar-refractivity contribution in [3.8, 4) is 0 Å². The van der Waals surface area contributed by atoms with E-state index in [1.165, 1.54) is 25.4 Å². The van der Waals surface area contributed by atoms with Crippen LogP contribution in [-0.2, 0) is 30.5 Å². The van der Waals surface area contributed by atoms with Crippen LogP contribution >= 0.6 is 0 Å². The molecule has 4 amide bonds. The number of rotatable bonds is 19. The molecule has 0 saturated heterocycles. The van der Waals surface area contributed by atoms with Gasteiger partial charge < -0.3 is 53.6 Å². The zero-order valence-electron chi connectivity index (χ0n) is 27.8. The summed E-state index contributed by atoms with van der Waals surface area (Å²) in [5.74, 6) is -6.42. The second-order valence-corrected chi connectivity index (χ2v) is 11.2. The number of nitrogens with two attached hydrogens (primary N) is 2. The third kappa shape index (κ3) is 12.2. The van der Waals surface area contributed by atoms with Crippen molar-refractivity contribution in [1.29, 1.82) is 5.41 Å². The number of benzene rings is 1. The first kappa shape index (κ1) is 39.6. The molecule has 0 aliphatic heterocycles. The third-order valence-corrected chi connectivity index (χ3v) is 7.27. The number of aromatic amines is 1. The van der Waals surface area contributed by atoms with E-state index in [4.69, 9.17) is 16.9 Å².